The highest BCUT2D eigenvalue weighted by Crippen LogP contribution is 2.20. The van der Waals surface area contributed by atoms with E-state index in [2.05, 4.69) is 23.8 Å². The zero-order chi connectivity index (χ0) is 13.1. The lowest BCUT2D eigenvalue weighted by Gasteiger charge is -2.07. The van der Waals surface area contributed by atoms with E-state index >= 15 is 0 Å². The quantitative estimate of drug-likeness (QED) is 0.896. The average Bonchev–Trinajstić information content (AvgIpc) is 2.39. The first-order chi connectivity index (χ1) is 8.59. The minimum atomic E-state index is -0.470. The maximum absolute atomic E-state index is 11.3. The minimum Gasteiger partial charge on any atom is -0.366 e. The molecule has 0 radical (unpaired) electrons. The lowest BCUT2D eigenvalue weighted by Crippen LogP contribution is -2.12. The van der Waals surface area contributed by atoms with E-state index in [1.807, 2.05) is 6.07 Å². The molecular formula is C14H15N3O. The largest absolute Gasteiger partial charge is 0.366 e. The molecule has 0 saturated carbocycles. The molecule has 0 aliphatic carbocycles. The number of carbonyl (C=O) groups excluding carboxylic acids is 1. The summed E-state index contributed by atoms with van der Waals surface area (Å²) in [5.41, 5.74) is 7.51. The van der Waals surface area contributed by atoms with Crippen LogP contribution in [-0.2, 0) is 0 Å². The van der Waals surface area contributed by atoms with Gasteiger partial charge in [-0.1, -0.05) is 32.0 Å². The van der Waals surface area contributed by atoms with Crippen LogP contribution in [0.1, 0.15) is 35.7 Å². The number of hydrogen-bond donors (Lipinski definition) is 1. The van der Waals surface area contributed by atoms with E-state index < -0.39 is 5.91 Å². The van der Waals surface area contributed by atoms with Crippen LogP contribution < -0.4 is 5.73 Å². The molecule has 0 aliphatic heterocycles. The maximum Gasteiger partial charge on any atom is 0.249 e. The monoisotopic (exact) mass is 241 g/mol. The summed E-state index contributed by atoms with van der Waals surface area (Å²) in [6, 6.07) is 7.08. The fraction of sp³-hybridized carbons (Fsp3) is 0.214. The standard InChI is InChI=1S/C14H15N3O/c1-9(2)10-7-16-14(17-8-10)12-6-4-3-5-11(12)13(15)18/h3-9H,1-2H3,(H2,15,18). The fourth-order valence-corrected chi connectivity index (χ4v) is 1.67. The van der Waals surface area contributed by atoms with Crippen molar-refractivity contribution in [2.24, 2.45) is 5.73 Å². The third kappa shape index (κ3) is 2.37. The molecule has 2 rings (SSSR count). The van der Waals surface area contributed by atoms with Gasteiger partial charge in [-0.25, -0.2) is 9.97 Å². The van der Waals surface area contributed by atoms with Crippen LogP contribution in [0.15, 0.2) is 36.7 Å². The molecule has 18 heavy (non-hydrogen) atoms. The van der Waals surface area contributed by atoms with E-state index in [4.69, 9.17) is 5.73 Å². The molecule has 1 heterocycles. The summed E-state index contributed by atoms with van der Waals surface area (Å²) in [5, 5.41) is 0. The number of primary amides is 1. The molecule has 2 aromatic rings. The predicted molar refractivity (Wildman–Crippen MR) is 70.1 cm³/mol. The van der Waals surface area contributed by atoms with Crippen LogP contribution in [0.2, 0.25) is 0 Å². The number of rotatable bonds is 3. The van der Waals surface area contributed by atoms with Crippen molar-refractivity contribution in [2.45, 2.75) is 19.8 Å². The Morgan fingerprint density at radius 2 is 1.78 bits per heavy atom. The van der Waals surface area contributed by atoms with Gasteiger partial charge in [-0.15, -0.1) is 0 Å². The Balaban J connectivity index is 2.46. The van der Waals surface area contributed by atoms with E-state index in [0.717, 1.165) is 5.56 Å². The lowest BCUT2D eigenvalue weighted by atomic mass is 10.1. The SMILES string of the molecule is CC(C)c1cnc(-c2ccccc2C(N)=O)nc1. The van der Waals surface area contributed by atoms with Crippen LogP contribution in [0.3, 0.4) is 0 Å². The van der Waals surface area contributed by atoms with E-state index in [1.165, 1.54) is 0 Å². The van der Waals surface area contributed by atoms with Gasteiger partial charge in [0.1, 0.15) is 0 Å². The molecule has 0 unspecified atom stereocenters. The van der Waals surface area contributed by atoms with E-state index in [-0.39, 0.29) is 0 Å². The molecule has 1 amide bonds. The van der Waals surface area contributed by atoms with Crippen molar-refractivity contribution in [2.75, 3.05) is 0 Å². The summed E-state index contributed by atoms with van der Waals surface area (Å²) in [5.74, 6) is 0.432. The summed E-state index contributed by atoms with van der Waals surface area (Å²) in [7, 11) is 0. The second-order valence-corrected chi connectivity index (χ2v) is 4.40. The first-order valence-electron chi connectivity index (χ1n) is 5.80. The van der Waals surface area contributed by atoms with Gasteiger partial charge in [0.25, 0.3) is 0 Å². The second-order valence-electron chi connectivity index (χ2n) is 4.40. The van der Waals surface area contributed by atoms with Crippen molar-refractivity contribution >= 4 is 5.91 Å². The number of hydrogen-bond acceptors (Lipinski definition) is 3. The van der Waals surface area contributed by atoms with Gasteiger partial charge in [-0.2, -0.15) is 0 Å². The molecule has 0 atom stereocenters. The lowest BCUT2D eigenvalue weighted by molar-refractivity contribution is 0.100. The summed E-state index contributed by atoms with van der Waals surface area (Å²) < 4.78 is 0. The third-order valence-electron chi connectivity index (χ3n) is 2.77. The molecule has 92 valence electrons. The highest BCUT2D eigenvalue weighted by molar-refractivity contribution is 5.98. The Labute approximate surface area is 106 Å². The Kier molecular flexibility index (Phi) is 3.37. The van der Waals surface area contributed by atoms with Crippen molar-refractivity contribution < 1.29 is 4.79 Å². The zero-order valence-corrected chi connectivity index (χ0v) is 10.4. The van der Waals surface area contributed by atoms with Gasteiger partial charge in [-0.3, -0.25) is 4.79 Å². The first kappa shape index (κ1) is 12.2. The van der Waals surface area contributed by atoms with Crippen LogP contribution in [0, 0.1) is 0 Å². The molecule has 1 aromatic heterocycles. The molecule has 4 nitrogen and oxygen atoms in total. The molecule has 0 bridgehead atoms. The number of benzene rings is 1. The Hall–Kier alpha value is -2.23. The Bertz CT molecular complexity index is 562. The van der Waals surface area contributed by atoms with Crippen LogP contribution in [0.4, 0.5) is 0 Å². The molecule has 0 fully saturated rings. The smallest absolute Gasteiger partial charge is 0.249 e. The van der Waals surface area contributed by atoms with Gasteiger partial charge in [0.2, 0.25) is 5.91 Å². The van der Waals surface area contributed by atoms with Crippen LogP contribution in [0.5, 0.6) is 0 Å². The Morgan fingerprint density at radius 1 is 1.17 bits per heavy atom. The maximum atomic E-state index is 11.3. The molecular weight excluding hydrogens is 226 g/mol. The molecule has 0 spiro atoms. The zero-order valence-electron chi connectivity index (χ0n) is 10.4. The summed E-state index contributed by atoms with van der Waals surface area (Å²) in [6.45, 7) is 4.16. The van der Waals surface area contributed by atoms with Crippen LogP contribution in [0.25, 0.3) is 11.4 Å². The Morgan fingerprint density at radius 3 is 2.33 bits per heavy atom. The molecule has 0 saturated heterocycles. The van der Waals surface area contributed by atoms with Gasteiger partial charge < -0.3 is 5.73 Å². The minimum absolute atomic E-state index is 0.380. The van der Waals surface area contributed by atoms with Crippen molar-refractivity contribution in [1.82, 2.24) is 9.97 Å². The van der Waals surface area contributed by atoms with Crippen molar-refractivity contribution in [3.8, 4) is 11.4 Å². The number of amides is 1. The van der Waals surface area contributed by atoms with Gasteiger partial charge >= 0.3 is 0 Å². The highest BCUT2D eigenvalue weighted by Gasteiger charge is 2.11. The predicted octanol–water partition coefficient (Wildman–Crippen LogP) is 2.37. The van der Waals surface area contributed by atoms with E-state index in [9.17, 15) is 4.79 Å². The number of aromatic nitrogens is 2. The van der Waals surface area contributed by atoms with E-state index in [0.29, 0.717) is 22.9 Å². The van der Waals surface area contributed by atoms with Crippen molar-refractivity contribution in [3.05, 3.63) is 47.8 Å². The van der Waals surface area contributed by atoms with Crippen molar-refractivity contribution in [1.29, 1.82) is 0 Å². The van der Waals surface area contributed by atoms with Gasteiger partial charge in [-0.05, 0) is 17.5 Å². The molecule has 2 N–H and O–H groups in total. The highest BCUT2D eigenvalue weighted by atomic mass is 16.1. The molecule has 4 heteroatoms. The van der Waals surface area contributed by atoms with Gasteiger partial charge in [0.05, 0.1) is 5.56 Å². The molecule has 1 aromatic carbocycles. The first-order valence-corrected chi connectivity index (χ1v) is 5.80. The fourth-order valence-electron chi connectivity index (χ4n) is 1.67. The normalized spacial score (nSPS) is 10.6. The van der Waals surface area contributed by atoms with Crippen LogP contribution in [-0.4, -0.2) is 15.9 Å². The number of carbonyl (C=O) groups is 1. The van der Waals surface area contributed by atoms with Gasteiger partial charge in [0.15, 0.2) is 5.82 Å². The van der Waals surface area contributed by atoms with Gasteiger partial charge in [0, 0.05) is 18.0 Å². The summed E-state index contributed by atoms with van der Waals surface area (Å²) in [6.07, 6.45) is 3.57. The number of nitrogens with zero attached hydrogens (tertiary/aromatic N) is 2. The summed E-state index contributed by atoms with van der Waals surface area (Å²) >= 11 is 0. The third-order valence-corrected chi connectivity index (χ3v) is 2.77. The average molecular weight is 241 g/mol. The topological polar surface area (TPSA) is 68.9 Å². The van der Waals surface area contributed by atoms with Crippen molar-refractivity contribution in [3.63, 3.8) is 0 Å². The van der Waals surface area contributed by atoms with Crippen LogP contribution >= 0.6 is 0 Å². The molecule has 0 aliphatic rings. The van der Waals surface area contributed by atoms with E-state index in [1.54, 1.807) is 30.6 Å². The number of nitrogens with two attached hydrogens (primary N) is 1. The summed E-state index contributed by atoms with van der Waals surface area (Å²) in [4.78, 5) is 19.9. The second kappa shape index (κ2) is 4.96.